The van der Waals surface area contributed by atoms with Crippen molar-refractivity contribution < 1.29 is 19.4 Å². The van der Waals surface area contributed by atoms with Crippen LogP contribution < -0.4 is 10.1 Å². The first-order valence-corrected chi connectivity index (χ1v) is 8.76. The Morgan fingerprint density at radius 3 is 2.46 bits per heavy atom. The van der Waals surface area contributed by atoms with Gasteiger partial charge in [0, 0.05) is 24.1 Å². The average molecular weight is 353 g/mol. The van der Waals surface area contributed by atoms with Crippen LogP contribution in [0.2, 0.25) is 0 Å². The summed E-state index contributed by atoms with van der Waals surface area (Å²) < 4.78 is 5.43. The van der Waals surface area contributed by atoms with Crippen LogP contribution in [0.3, 0.4) is 0 Å². The molecule has 3 rings (SSSR count). The zero-order valence-corrected chi connectivity index (χ0v) is 14.8. The lowest BCUT2D eigenvalue weighted by atomic mass is 9.66. The topological polar surface area (TPSA) is 75.6 Å². The molecule has 2 N–H and O–H groups in total. The zero-order chi connectivity index (χ0) is 18.6. The molecule has 0 aliphatic heterocycles. The van der Waals surface area contributed by atoms with Gasteiger partial charge in [-0.15, -0.1) is 0 Å². The maximum atomic E-state index is 12.3. The van der Waals surface area contributed by atoms with Crippen LogP contribution in [0.5, 0.6) is 5.75 Å². The fourth-order valence-electron chi connectivity index (χ4n) is 3.39. The number of amides is 1. The van der Waals surface area contributed by atoms with Gasteiger partial charge in [-0.2, -0.15) is 0 Å². The summed E-state index contributed by atoms with van der Waals surface area (Å²) in [5.41, 5.74) is 1.88. The molecular formula is C21H23NO4. The molecule has 0 atom stereocenters. The average Bonchev–Trinajstić information content (AvgIpc) is 2.59. The molecule has 2 aromatic rings. The second-order valence-corrected chi connectivity index (χ2v) is 6.85. The fourth-order valence-corrected chi connectivity index (χ4v) is 3.39. The van der Waals surface area contributed by atoms with Crippen molar-refractivity contribution in [2.24, 2.45) is 5.41 Å². The molecule has 0 radical (unpaired) electrons. The molecule has 136 valence electrons. The standard InChI is InChI=1S/C21H23NO4/c1-26-18-9-8-17(13-16(18)12-15-6-3-2-4-7-15)22-19(23)14-21(20(24)25)10-5-11-21/h2-4,6-9,13H,5,10-12,14H2,1H3,(H,22,23)(H,24,25). The van der Waals surface area contributed by atoms with Crippen molar-refractivity contribution in [3.05, 3.63) is 59.7 Å². The predicted octanol–water partition coefficient (Wildman–Crippen LogP) is 3.87. The third kappa shape index (κ3) is 3.87. The number of nitrogens with one attached hydrogen (secondary N) is 1. The molecular weight excluding hydrogens is 330 g/mol. The summed E-state index contributed by atoms with van der Waals surface area (Å²) in [5.74, 6) is -0.380. The number of hydrogen-bond acceptors (Lipinski definition) is 3. The van der Waals surface area contributed by atoms with Crippen LogP contribution in [0.1, 0.15) is 36.8 Å². The molecule has 1 saturated carbocycles. The minimum Gasteiger partial charge on any atom is -0.496 e. The molecule has 1 aliphatic rings. The van der Waals surface area contributed by atoms with E-state index in [2.05, 4.69) is 5.32 Å². The quantitative estimate of drug-likeness (QED) is 0.792. The molecule has 0 spiro atoms. The Morgan fingerprint density at radius 1 is 1.15 bits per heavy atom. The van der Waals surface area contributed by atoms with Gasteiger partial charge in [-0.1, -0.05) is 36.8 Å². The van der Waals surface area contributed by atoms with Gasteiger partial charge in [0.1, 0.15) is 5.75 Å². The minimum atomic E-state index is -0.885. The Labute approximate surface area is 153 Å². The Kier molecular flexibility index (Phi) is 5.26. The number of carboxylic acids is 1. The van der Waals surface area contributed by atoms with Crippen molar-refractivity contribution in [3.8, 4) is 5.75 Å². The Bertz CT molecular complexity index is 797. The van der Waals surface area contributed by atoms with E-state index in [9.17, 15) is 14.7 Å². The van der Waals surface area contributed by atoms with E-state index in [1.54, 1.807) is 13.2 Å². The van der Waals surface area contributed by atoms with Crippen LogP contribution in [0.15, 0.2) is 48.5 Å². The molecule has 1 fully saturated rings. The fraction of sp³-hybridized carbons (Fsp3) is 0.333. The van der Waals surface area contributed by atoms with Gasteiger partial charge >= 0.3 is 5.97 Å². The molecule has 1 aliphatic carbocycles. The highest BCUT2D eigenvalue weighted by molar-refractivity contribution is 5.94. The van der Waals surface area contributed by atoms with Crippen LogP contribution in [0.25, 0.3) is 0 Å². The van der Waals surface area contributed by atoms with Gasteiger partial charge in [-0.3, -0.25) is 9.59 Å². The summed E-state index contributed by atoms with van der Waals surface area (Å²) >= 11 is 0. The molecule has 0 unspecified atom stereocenters. The largest absolute Gasteiger partial charge is 0.496 e. The molecule has 0 saturated heterocycles. The van der Waals surface area contributed by atoms with Gasteiger partial charge in [0.15, 0.2) is 0 Å². The number of hydrogen-bond donors (Lipinski definition) is 2. The molecule has 0 bridgehead atoms. The molecule has 2 aromatic carbocycles. The summed E-state index contributed by atoms with van der Waals surface area (Å²) in [6.45, 7) is 0. The van der Waals surface area contributed by atoms with Gasteiger partial charge in [0.25, 0.3) is 0 Å². The normalized spacial score (nSPS) is 15.0. The second-order valence-electron chi connectivity index (χ2n) is 6.85. The minimum absolute atomic E-state index is 0.0163. The van der Waals surface area contributed by atoms with Crippen LogP contribution >= 0.6 is 0 Å². The lowest BCUT2D eigenvalue weighted by molar-refractivity contribution is -0.157. The first-order valence-electron chi connectivity index (χ1n) is 8.76. The molecule has 0 aromatic heterocycles. The van der Waals surface area contributed by atoms with E-state index in [0.717, 1.165) is 23.3 Å². The van der Waals surface area contributed by atoms with Crippen LogP contribution in [0, 0.1) is 5.41 Å². The molecule has 5 nitrogen and oxygen atoms in total. The second kappa shape index (κ2) is 7.60. The smallest absolute Gasteiger partial charge is 0.310 e. The van der Waals surface area contributed by atoms with E-state index in [4.69, 9.17) is 4.74 Å². The Hall–Kier alpha value is -2.82. The first-order chi connectivity index (χ1) is 12.5. The van der Waals surface area contributed by atoms with Crippen molar-refractivity contribution in [2.75, 3.05) is 12.4 Å². The van der Waals surface area contributed by atoms with E-state index in [-0.39, 0.29) is 12.3 Å². The third-order valence-electron chi connectivity index (χ3n) is 5.06. The highest BCUT2D eigenvalue weighted by atomic mass is 16.5. The van der Waals surface area contributed by atoms with E-state index in [1.165, 1.54) is 0 Å². The van der Waals surface area contributed by atoms with Crippen LogP contribution in [0.4, 0.5) is 5.69 Å². The lowest BCUT2D eigenvalue weighted by Crippen LogP contribution is -2.41. The van der Waals surface area contributed by atoms with Crippen molar-refractivity contribution in [2.45, 2.75) is 32.1 Å². The Balaban J connectivity index is 1.73. The Morgan fingerprint density at radius 2 is 1.88 bits per heavy atom. The highest BCUT2D eigenvalue weighted by Gasteiger charge is 2.45. The van der Waals surface area contributed by atoms with Gasteiger partial charge in [0.2, 0.25) is 5.91 Å². The predicted molar refractivity (Wildman–Crippen MR) is 99.4 cm³/mol. The summed E-state index contributed by atoms with van der Waals surface area (Å²) in [6.07, 6.45) is 2.70. The number of aliphatic carboxylic acids is 1. The third-order valence-corrected chi connectivity index (χ3v) is 5.06. The lowest BCUT2D eigenvalue weighted by Gasteiger charge is -2.36. The first kappa shape index (κ1) is 18.0. The van der Waals surface area contributed by atoms with Crippen molar-refractivity contribution in [3.63, 3.8) is 0 Å². The monoisotopic (exact) mass is 353 g/mol. The van der Waals surface area contributed by atoms with Crippen molar-refractivity contribution >= 4 is 17.6 Å². The van der Waals surface area contributed by atoms with Gasteiger partial charge in [0.05, 0.1) is 12.5 Å². The van der Waals surface area contributed by atoms with E-state index < -0.39 is 11.4 Å². The number of rotatable bonds is 7. The molecule has 26 heavy (non-hydrogen) atoms. The van der Waals surface area contributed by atoms with Crippen LogP contribution in [-0.4, -0.2) is 24.1 Å². The van der Waals surface area contributed by atoms with E-state index >= 15 is 0 Å². The summed E-state index contributed by atoms with van der Waals surface area (Å²) in [7, 11) is 1.62. The highest BCUT2D eigenvalue weighted by Crippen LogP contribution is 2.44. The molecule has 1 amide bonds. The van der Waals surface area contributed by atoms with E-state index in [0.29, 0.717) is 24.9 Å². The maximum Gasteiger partial charge on any atom is 0.310 e. The van der Waals surface area contributed by atoms with Gasteiger partial charge in [-0.25, -0.2) is 0 Å². The summed E-state index contributed by atoms with van der Waals surface area (Å²) in [5, 5.41) is 12.2. The molecule has 0 heterocycles. The number of methoxy groups -OCH3 is 1. The number of carboxylic acid groups (broad SMARTS) is 1. The zero-order valence-electron chi connectivity index (χ0n) is 14.8. The summed E-state index contributed by atoms with van der Waals surface area (Å²) in [4.78, 5) is 23.8. The SMILES string of the molecule is COc1ccc(NC(=O)CC2(C(=O)O)CCC2)cc1Cc1ccccc1. The number of anilines is 1. The van der Waals surface area contributed by atoms with Crippen molar-refractivity contribution in [1.29, 1.82) is 0 Å². The van der Waals surface area contributed by atoms with Gasteiger partial charge in [-0.05, 0) is 36.6 Å². The number of carbonyl (C=O) groups is 2. The molecule has 5 heteroatoms. The van der Waals surface area contributed by atoms with Crippen molar-refractivity contribution in [1.82, 2.24) is 0 Å². The maximum absolute atomic E-state index is 12.3. The number of carbonyl (C=O) groups excluding carboxylic acids is 1. The van der Waals surface area contributed by atoms with E-state index in [1.807, 2.05) is 42.5 Å². The van der Waals surface area contributed by atoms with Crippen LogP contribution in [-0.2, 0) is 16.0 Å². The number of ether oxygens (including phenoxy) is 1. The van der Waals surface area contributed by atoms with Gasteiger partial charge < -0.3 is 15.2 Å². The number of benzene rings is 2. The summed E-state index contributed by atoms with van der Waals surface area (Å²) in [6, 6.07) is 15.5.